The third kappa shape index (κ3) is 1.91. The van der Waals surface area contributed by atoms with E-state index in [0.717, 1.165) is 0 Å². The molecule has 0 bridgehead atoms. The molecule has 6 nitrogen and oxygen atoms in total. The van der Waals surface area contributed by atoms with Gasteiger partial charge in [0.2, 0.25) is 5.43 Å². The van der Waals surface area contributed by atoms with Crippen LogP contribution in [0.1, 0.15) is 10.4 Å². The summed E-state index contributed by atoms with van der Waals surface area (Å²) < 4.78 is 11.9. The number of benzene rings is 1. The number of aryl methyl sites for hydroxylation is 1. The Hall–Kier alpha value is -2.50. The lowest BCUT2D eigenvalue weighted by Crippen LogP contribution is -2.18. The van der Waals surface area contributed by atoms with Gasteiger partial charge in [0.15, 0.2) is 0 Å². The lowest BCUT2D eigenvalue weighted by molar-refractivity contribution is 0.0695. The first-order valence-corrected chi connectivity index (χ1v) is 5.48. The van der Waals surface area contributed by atoms with E-state index in [1.54, 1.807) is 23.7 Å². The summed E-state index contributed by atoms with van der Waals surface area (Å²) in [6.45, 7) is 0. The van der Waals surface area contributed by atoms with Crippen LogP contribution in [0.4, 0.5) is 0 Å². The van der Waals surface area contributed by atoms with Gasteiger partial charge in [-0.2, -0.15) is 0 Å². The number of pyridine rings is 1. The number of methoxy groups -OCH3 is 2. The molecule has 2 rings (SSSR count). The molecule has 6 heteroatoms. The molecule has 1 aromatic heterocycles. The van der Waals surface area contributed by atoms with Crippen LogP contribution < -0.4 is 14.9 Å². The quantitative estimate of drug-likeness (QED) is 0.901. The molecule has 1 heterocycles. The fraction of sp³-hybridized carbons (Fsp3) is 0.231. The summed E-state index contributed by atoms with van der Waals surface area (Å²) in [6.07, 6.45) is 1.27. The Bertz CT molecular complexity index is 717. The molecule has 0 unspecified atom stereocenters. The van der Waals surface area contributed by atoms with Crippen LogP contribution in [0.5, 0.6) is 11.5 Å². The van der Waals surface area contributed by atoms with Crippen LogP contribution in [0.3, 0.4) is 0 Å². The summed E-state index contributed by atoms with van der Waals surface area (Å²) in [4.78, 5) is 23.3. The Labute approximate surface area is 108 Å². The van der Waals surface area contributed by atoms with Crippen molar-refractivity contribution in [3.05, 3.63) is 34.1 Å². The number of carboxylic acids is 1. The van der Waals surface area contributed by atoms with Crippen LogP contribution >= 0.6 is 0 Å². The van der Waals surface area contributed by atoms with Gasteiger partial charge in [0.25, 0.3) is 0 Å². The molecule has 1 aromatic carbocycles. The average molecular weight is 263 g/mol. The Kier molecular flexibility index (Phi) is 3.16. The fourth-order valence-corrected chi connectivity index (χ4v) is 2.06. The van der Waals surface area contributed by atoms with Crippen LogP contribution in [-0.2, 0) is 7.05 Å². The topological polar surface area (TPSA) is 77.8 Å². The molecule has 19 heavy (non-hydrogen) atoms. The van der Waals surface area contributed by atoms with Gasteiger partial charge in [0.1, 0.15) is 17.1 Å². The number of carboxylic acid groups (broad SMARTS) is 1. The Morgan fingerprint density at radius 3 is 2.32 bits per heavy atom. The Morgan fingerprint density at radius 2 is 1.79 bits per heavy atom. The number of aromatic carboxylic acids is 1. The number of fused-ring (bicyclic) bond motifs is 1. The fourth-order valence-electron chi connectivity index (χ4n) is 2.06. The van der Waals surface area contributed by atoms with E-state index in [2.05, 4.69) is 0 Å². The van der Waals surface area contributed by atoms with E-state index in [9.17, 15) is 9.59 Å². The number of rotatable bonds is 3. The SMILES string of the molecule is COc1ccc(OC)c2c1c(=O)c(C(=O)O)cn2C. The van der Waals surface area contributed by atoms with E-state index in [1.807, 2.05) is 0 Å². The van der Waals surface area contributed by atoms with E-state index in [4.69, 9.17) is 14.6 Å². The summed E-state index contributed by atoms with van der Waals surface area (Å²) in [5.74, 6) is -0.473. The number of hydrogen-bond donors (Lipinski definition) is 1. The zero-order valence-corrected chi connectivity index (χ0v) is 10.8. The predicted molar refractivity (Wildman–Crippen MR) is 69.3 cm³/mol. The molecule has 100 valence electrons. The maximum absolute atomic E-state index is 12.2. The van der Waals surface area contributed by atoms with Crippen molar-refractivity contribution in [1.82, 2.24) is 4.57 Å². The number of aromatic nitrogens is 1. The first-order valence-electron chi connectivity index (χ1n) is 5.48. The summed E-state index contributed by atoms with van der Waals surface area (Å²) >= 11 is 0. The van der Waals surface area contributed by atoms with E-state index in [-0.39, 0.29) is 10.9 Å². The van der Waals surface area contributed by atoms with Gasteiger partial charge < -0.3 is 19.1 Å². The first kappa shape index (κ1) is 12.9. The Balaban J connectivity index is 3.05. The molecule has 0 atom stereocenters. The highest BCUT2D eigenvalue weighted by atomic mass is 16.5. The number of carbonyl (C=O) groups is 1. The van der Waals surface area contributed by atoms with Crippen molar-refractivity contribution in [1.29, 1.82) is 0 Å². The van der Waals surface area contributed by atoms with Crippen molar-refractivity contribution >= 4 is 16.9 Å². The van der Waals surface area contributed by atoms with Gasteiger partial charge in [0.05, 0.1) is 25.1 Å². The van der Waals surface area contributed by atoms with Gasteiger partial charge in [-0.25, -0.2) is 4.79 Å². The average Bonchev–Trinajstić information content (AvgIpc) is 2.40. The maximum Gasteiger partial charge on any atom is 0.341 e. The third-order valence-electron chi connectivity index (χ3n) is 2.92. The molecular weight excluding hydrogens is 250 g/mol. The first-order chi connectivity index (χ1) is 9.01. The monoisotopic (exact) mass is 263 g/mol. The standard InChI is InChI=1S/C13H13NO5/c1-14-6-7(13(16)17)12(15)10-8(18-2)4-5-9(19-3)11(10)14/h4-6H,1-3H3,(H,16,17). The Morgan fingerprint density at radius 1 is 1.21 bits per heavy atom. The van der Waals surface area contributed by atoms with Crippen LogP contribution in [0.15, 0.2) is 23.1 Å². The second-order valence-corrected chi connectivity index (χ2v) is 3.98. The highest BCUT2D eigenvalue weighted by Crippen LogP contribution is 2.30. The van der Waals surface area contributed by atoms with Gasteiger partial charge in [-0.1, -0.05) is 0 Å². The van der Waals surface area contributed by atoms with Gasteiger partial charge in [0, 0.05) is 13.2 Å². The highest BCUT2D eigenvalue weighted by molar-refractivity contribution is 5.97. The number of ether oxygens (including phenoxy) is 2. The van der Waals surface area contributed by atoms with E-state index in [1.165, 1.54) is 20.4 Å². The van der Waals surface area contributed by atoms with E-state index in [0.29, 0.717) is 17.0 Å². The van der Waals surface area contributed by atoms with Gasteiger partial charge in [-0.3, -0.25) is 4.79 Å². The van der Waals surface area contributed by atoms with Gasteiger partial charge in [-0.15, -0.1) is 0 Å². The van der Waals surface area contributed by atoms with Crippen LogP contribution in [0.25, 0.3) is 10.9 Å². The molecule has 0 amide bonds. The molecular formula is C13H13NO5. The maximum atomic E-state index is 12.2. The highest BCUT2D eigenvalue weighted by Gasteiger charge is 2.19. The molecule has 0 aliphatic carbocycles. The van der Waals surface area contributed by atoms with E-state index >= 15 is 0 Å². The predicted octanol–water partition coefficient (Wildman–Crippen LogP) is 1.25. The summed E-state index contributed by atoms with van der Waals surface area (Å²) in [6, 6.07) is 3.25. The minimum atomic E-state index is -1.27. The third-order valence-corrected chi connectivity index (χ3v) is 2.92. The van der Waals surface area contributed by atoms with Crippen LogP contribution in [0.2, 0.25) is 0 Å². The molecule has 0 radical (unpaired) electrons. The second kappa shape index (κ2) is 4.64. The molecule has 2 aromatic rings. The smallest absolute Gasteiger partial charge is 0.341 e. The van der Waals surface area contributed by atoms with Crippen molar-refractivity contribution < 1.29 is 19.4 Å². The zero-order chi connectivity index (χ0) is 14.2. The normalized spacial score (nSPS) is 10.5. The summed E-state index contributed by atoms with van der Waals surface area (Å²) in [5, 5.41) is 9.25. The molecule has 0 saturated heterocycles. The van der Waals surface area contributed by atoms with Crippen molar-refractivity contribution in [3.8, 4) is 11.5 Å². The lowest BCUT2D eigenvalue weighted by Gasteiger charge is -2.13. The van der Waals surface area contributed by atoms with Crippen molar-refractivity contribution in [3.63, 3.8) is 0 Å². The minimum Gasteiger partial charge on any atom is -0.496 e. The van der Waals surface area contributed by atoms with Crippen molar-refractivity contribution in [2.24, 2.45) is 7.05 Å². The molecule has 0 aliphatic rings. The molecule has 0 saturated carbocycles. The molecule has 0 aliphatic heterocycles. The van der Waals surface area contributed by atoms with Crippen LogP contribution in [-0.4, -0.2) is 29.9 Å². The zero-order valence-electron chi connectivity index (χ0n) is 10.8. The lowest BCUT2D eigenvalue weighted by atomic mass is 10.1. The number of nitrogens with zero attached hydrogens (tertiary/aromatic N) is 1. The molecule has 0 spiro atoms. The van der Waals surface area contributed by atoms with Crippen molar-refractivity contribution in [2.45, 2.75) is 0 Å². The summed E-state index contributed by atoms with van der Waals surface area (Å²) in [7, 11) is 4.56. The van der Waals surface area contributed by atoms with E-state index < -0.39 is 11.4 Å². The largest absolute Gasteiger partial charge is 0.496 e. The molecule has 0 fully saturated rings. The summed E-state index contributed by atoms with van der Waals surface area (Å²) in [5.41, 5.74) is -0.394. The van der Waals surface area contributed by atoms with Gasteiger partial charge >= 0.3 is 5.97 Å². The van der Waals surface area contributed by atoms with Gasteiger partial charge in [-0.05, 0) is 12.1 Å². The number of hydrogen-bond acceptors (Lipinski definition) is 4. The molecule has 1 N–H and O–H groups in total. The second-order valence-electron chi connectivity index (χ2n) is 3.98. The van der Waals surface area contributed by atoms with Crippen molar-refractivity contribution in [2.75, 3.05) is 14.2 Å². The van der Waals surface area contributed by atoms with Crippen LogP contribution in [0, 0.1) is 0 Å². The minimum absolute atomic E-state index is 0.198.